The fourth-order valence-corrected chi connectivity index (χ4v) is 8.90. The summed E-state index contributed by atoms with van der Waals surface area (Å²) in [5.74, 6) is -2.02. The molecule has 0 aromatic heterocycles. The summed E-state index contributed by atoms with van der Waals surface area (Å²) in [6.07, 6.45) is -6.63. The number of hydrogen-bond donors (Lipinski definition) is 2. The van der Waals surface area contributed by atoms with Crippen LogP contribution in [0.1, 0.15) is 34.6 Å². The molecule has 1 heterocycles. The van der Waals surface area contributed by atoms with E-state index >= 15 is 0 Å². The second-order valence-electron chi connectivity index (χ2n) is 6.27. The molecule has 1 radical (unpaired) electrons. The third kappa shape index (κ3) is 18.3. The minimum atomic E-state index is -4.92. The quantitative estimate of drug-likeness (QED) is 0.113. The number of rotatable bonds is 15. The summed E-state index contributed by atoms with van der Waals surface area (Å²) in [5, 5.41) is 1.44. The zero-order chi connectivity index (χ0) is 27.5. The summed E-state index contributed by atoms with van der Waals surface area (Å²) in [4.78, 5) is 20.3. The molecule has 1 saturated heterocycles. The maximum absolute atomic E-state index is 12.0. The van der Waals surface area contributed by atoms with Crippen LogP contribution in [0.3, 0.4) is 0 Å². The Labute approximate surface area is 238 Å². The van der Waals surface area contributed by atoms with Crippen molar-refractivity contribution in [1.82, 2.24) is 5.32 Å². The first kappa shape index (κ1) is 38.4. The van der Waals surface area contributed by atoms with E-state index in [2.05, 4.69) is 0 Å². The Kier molecular flexibility index (Phi) is 24.3. The molecule has 1 aliphatic rings. The zero-order valence-corrected chi connectivity index (χ0v) is 28.2. The Bertz CT molecular complexity index is 590. The molecule has 0 aromatic carbocycles. The number of carbonyl (C=O) groups is 1. The van der Waals surface area contributed by atoms with Crippen molar-refractivity contribution in [3.8, 4) is 0 Å². The molecule has 207 valence electrons. The SMILES string of the molecule is CC.CC.CCOCC1OC([Se][Ba])C(OCOCCOCCNC(=O)C(F)(F)F)C1OP(C)(=O)O. The number of alkyl halides is 3. The van der Waals surface area contributed by atoms with Gasteiger partial charge in [-0.2, -0.15) is 13.2 Å². The van der Waals surface area contributed by atoms with E-state index in [1.54, 1.807) is 5.32 Å². The summed E-state index contributed by atoms with van der Waals surface area (Å²) < 4.78 is 80.6. The fraction of sp³-hybridized carbons (Fsp3) is 0.947. The summed E-state index contributed by atoms with van der Waals surface area (Å²) in [6.45, 7) is 11.2. The van der Waals surface area contributed by atoms with Crippen molar-refractivity contribution in [2.75, 3.05) is 53.0 Å². The van der Waals surface area contributed by atoms with Crippen molar-refractivity contribution >= 4 is 62.7 Å². The Balaban J connectivity index is 0. The van der Waals surface area contributed by atoms with Gasteiger partial charge in [-0.3, -0.25) is 4.79 Å². The molecule has 5 unspecified atom stereocenters. The van der Waals surface area contributed by atoms with Crippen molar-refractivity contribution in [2.24, 2.45) is 0 Å². The number of ether oxygens (including phenoxy) is 5. The van der Waals surface area contributed by atoms with Gasteiger partial charge in [0.15, 0.2) is 0 Å². The van der Waals surface area contributed by atoms with Gasteiger partial charge in [0.05, 0.1) is 0 Å². The summed E-state index contributed by atoms with van der Waals surface area (Å²) >= 11 is 0.450. The molecule has 1 amide bonds. The Hall–Kier alpha value is 1.30. The molecule has 0 bridgehead atoms. The van der Waals surface area contributed by atoms with Crippen LogP contribution in [0.25, 0.3) is 0 Å². The molecule has 5 atom stereocenters. The van der Waals surface area contributed by atoms with E-state index in [9.17, 15) is 27.4 Å². The van der Waals surface area contributed by atoms with Crippen LogP contribution in [-0.4, -0.2) is 143 Å². The predicted octanol–water partition coefficient (Wildman–Crippen LogP) is 1.84. The van der Waals surface area contributed by atoms with Crippen LogP contribution in [0.5, 0.6) is 0 Å². The number of nitrogens with one attached hydrogen (secondary N) is 1. The van der Waals surface area contributed by atoms with Crippen molar-refractivity contribution in [2.45, 2.75) is 64.1 Å². The first-order valence-corrected chi connectivity index (χ1v) is 24.9. The zero-order valence-electron chi connectivity index (χ0n) is 21.2. The van der Waals surface area contributed by atoms with E-state index in [4.69, 9.17) is 28.2 Å². The average molecular weight is 729 g/mol. The Morgan fingerprint density at radius 1 is 1.11 bits per heavy atom. The van der Waals surface area contributed by atoms with Crippen LogP contribution in [0, 0.1) is 0 Å². The Morgan fingerprint density at radius 3 is 2.23 bits per heavy atom. The molecule has 1 rings (SSSR count). The van der Waals surface area contributed by atoms with Crippen molar-refractivity contribution in [3.05, 3.63) is 0 Å². The molecular weight excluding hydrogens is 690 g/mol. The monoisotopic (exact) mass is 730 g/mol. The molecule has 1 aliphatic heterocycles. The van der Waals surface area contributed by atoms with Gasteiger partial charge in [-0.25, -0.2) is 0 Å². The summed E-state index contributed by atoms with van der Waals surface area (Å²) in [6, 6.07) is 0. The van der Waals surface area contributed by atoms with Crippen molar-refractivity contribution in [1.29, 1.82) is 0 Å². The van der Waals surface area contributed by atoms with Crippen LogP contribution in [0.4, 0.5) is 13.2 Å². The maximum atomic E-state index is 12.0. The number of carbonyl (C=O) groups excluding carboxylic acids is 1. The van der Waals surface area contributed by atoms with Gasteiger partial charge in [-0.05, 0) is 0 Å². The van der Waals surface area contributed by atoms with Gasteiger partial charge in [0, 0.05) is 0 Å². The first-order valence-electron chi connectivity index (χ1n) is 11.2. The second kappa shape index (κ2) is 22.2. The molecule has 0 spiro atoms. The Morgan fingerprint density at radius 2 is 1.71 bits per heavy atom. The van der Waals surface area contributed by atoms with Gasteiger partial charge in [0.25, 0.3) is 0 Å². The van der Waals surface area contributed by atoms with Crippen LogP contribution >= 0.6 is 7.60 Å². The fourth-order valence-electron chi connectivity index (χ4n) is 2.47. The van der Waals surface area contributed by atoms with Crippen molar-refractivity contribution < 1.29 is 55.6 Å². The molecule has 0 aliphatic carbocycles. The molecule has 2 N–H and O–H groups in total. The van der Waals surface area contributed by atoms with Crippen LogP contribution in [0.15, 0.2) is 0 Å². The summed E-state index contributed by atoms with van der Waals surface area (Å²) in [7, 11) is -3.79. The predicted molar refractivity (Wildman–Crippen MR) is 126 cm³/mol. The third-order valence-corrected chi connectivity index (χ3v) is 11.2. The normalized spacial score (nSPS) is 23.3. The van der Waals surface area contributed by atoms with Crippen molar-refractivity contribution in [3.63, 3.8) is 0 Å². The minimum absolute atomic E-state index is 0.0803. The first-order chi connectivity index (χ1) is 16.5. The molecule has 0 saturated carbocycles. The van der Waals surface area contributed by atoms with Crippen LogP contribution < -0.4 is 5.32 Å². The number of halogens is 3. The second-order valence-corrected chi connectivity index (χ2v) is 15.2. The molecule has 35 heavy (non-hydrogen) atoms. The van der Waals surface area contributed by atoms with Gasteiger partial charge in [0.2, 0.25) is 0 Å². The van der Waals surface area contributed by atoms with Gasteiger partial charge in [-0.1, -0.05) is 27.7 Å². The topological polar surface area (TPSA) is 122 Å². The molecule has 10 nitrogen and oxygen atoms in total. The van der Waals surface area contributed by atoms with E-state index in [1.165, 1.54) is 0 Å². The van der Waals surface area contributed by atoms with E-state index < -0.39 is 38.0 Å². The van der Waals surface area contributed by atoms with Crippen LogP contribution in [0.2, 0.25) is 0 Å². The van der Waals surface area contributed by atoms with Gasteiger partial charge < -0.3 is 0 Å². The van der Waals surface area contributed by atoms with Gasteiger partial charge in [-0.15, -0.1) is 0 Å². The molecule has 16 heteroatoms. The third-order valence-electron chi connectivity index (χ3n) is 3.74. The molecule has 0 aromatic rings. The van der Waals surface area contributed by atoms with E-state index in [0.717, 1.165) is 6.66 Å². The summed E-state index contributed by atoms with van der Waals surface area (Å²) in [5.41, 5.74) is 0. The number of amides is 1. The average Bonchev–Trinajstić information content (AvgIpc) is 3.13. The van der Waals surface area contributed by atoms with Gasteiger partial charge >= 0.3 is 195 Å². The number of hydrogen-bond acceptors (Lipinski definition) is 8. The van der Waals surface area contributed by atoms with E-state index in [1.807, 2.05) is 34.6 Å². The van der Waals surface area contributed by atoms with E-state index in [0.29, 0.717) is 49.7 Å². The molecule has 1 fully saturated rings. The molecular formula is C19H38BaF3NO9PSe. The van der Waals surface area contributed by atoms with Crippen LogP contribution in [-0.2, 0) is 37.6 Å². The standard InChI is InChI=1S/C15H27F3NO9PSe.2C2H6.Ba/c1-3-23-8-10-11(28-29(2,21)22)12(13(30)27-10)26-9-25-7-6-24-5-4-19-14(20)15(16,17)18;2*1-2;/h10-13,30H,3-9H2,1-2H3,(H,19,20)(H,21,22);2*1-2H3;/q;;;+1/p-1. The van der Waals surface area contributed by atoms with Gasteiger partial charge in [0.1, 0.15) is 0 Å². The van der Waals surface area contributed by atoms with E-state index in [-0.39, 0.29) is 50.9 Å².